The van der Waals surface area contributed by atoms with Gasteiger partial charge < -0.3 is 9.47 Å². The van der Waals surface area contributed by atoms with Crippen molar-refractivity contribution in [3.05, 3.63) is 83.5 Å². The Balaban J connectivity index is 0.000000283. The van der Waals surface area contributed by atoms with Gasteiger partial charge in [0, 0.05) is 0 Å². The molecule has 0 spiro atoms. The number of halogens is 4. The first-order chi connectivity index (χ1) is 13.3. The molecule has 0 aliphatic rings. The fraction of sp³-hybridized carbons (Fsp3) is 0.273. The average Bonchev–Trinajstić information content (AvgIpc) is 2.69. The van der Waals surface area contributed by atoms with Crippen LogP contribution in [0.25, 0.3) is 0 Å². The molecule has 0 unspecified atom stereocenters. The van der Waals surface area contributed by atoms with E-state index in [1.165, 1.54) is 44.2 Å². The van der Waals surface area contributed by atoms with Crippen molar-refractivity contribution in [2.24, 2.45) is 0 Å². The van der Waals surface area contributed by atoms with Crippen LogP contribution in [0.15, 0.2) is 49.1 Å². The molecule has 0 aliphatic heterocycles. The third kappa shape index (κ3) is 6.76. The first-order valence-electron chi connectivity index (χ1n) is 8.74. The molecule has 0 heterocycles. The minimum atomic E-state index is -0.943. The monoisotopic (exact) mass is 396 g/mol. The van der Waals surface area contributed by atoms with Crippen molar-refractivity contribution in [1.29, 1.82) is 0 Å². The highest BCUT2D eigenvalue weighted by Crippen LogP contribution is 2.22. The second-order valence-corrected chi connectivity index (χ2v) is 5.81. The van der Waals surface area contributed by atoms with E-state index in [1.807, 2.05) is 13.0 Å². The molecule has 0 fully saturated rings. The van der Waals surface area contributed by atoms with Crippen LogP contribution in [0, 0.1) is 37.1 Å². The molecular weight excluding hydrogens is 372 g/mol. The van der Waals surface area contributed by atoms with Gasteiger partial charge in [-0.25, -0.2) is 8.78 Å². The van der Waals surface area contributed by atoms with Crippen LogP contribution in [-0.2, 0) is 0 Å². The molecule has 0 N–H and O–H groups in total. The van der Waals surface area contributed by atoms with Crippen LogP contribution in [0.2, 0.25) is 0 Å². The van der Waals surface area contributed by atoms with E-state index >= 15 is 0 Å². The van der Waals surface area contributed by atoms with E-state index in [0.29, 0.717) is 0 Å². The van der Waals surface area contributed by atoms with Gasteiger partial charge in [-0.15, -0.1) is 0 Å². The van der Waals surface area contributed by atoms with Crippen molar-refractivity contribution < 1.29 is 27.0 Å². The summed E-state index contributed by atoms with van der Waals surface area (Å²) in [7, 11) is 0. The SMILES string of the molecule is C=CCOc1ccc(C)c(F)c1F.CC/C=C\COc1ccc(C)c(F)c1F. The predicted molar refractivity (Wildman–Crippen MR) is 103 cm³/mol. The van der Waals surface area contributed by atoms with E-state index in [2.05, 4.69) is 6.58 Å². The van der Waals surface area contributed by atoms with Crippen LogP contribution < -0.4 is 9.47 Å². The molecule has 0 aliphatic carbocycles. The molecule has 2 aromatic carbocycles. The van der Waals surface area contributed by atoms with E-state index < -0.39 is 23.3 Å². The molecule has 6 heteroatoms. The summed E-state index contributed by atoms with van der Waals surface area (Å²) in [6, 6.07) is 5.80. The Bertz CT molecular complexity index is 817. The number of allylic oxidation sites excluding steroid dienone is 1. The Morgan fingerprint density at radius 2 is 1.21 bits per heavy atom. The molecule has 2 aromatic rings. The van der Waals surface area contributed by atoms with Gasteiger partial charge in [0.15, 0.2) is 23.1 Å². The second-order valence-electron chi connectivity index (χ2n) is 5.81. The molecule has 0 bridgehead atoms. The largest absolute Gasteiger partial charge is 0.486 e. The van der Waals surface area contributed by atoms with Gasteiger partial charge >= 0.3 is 0 Å². The van der Waals surface area contributed by atoms with Gasteiger partial charge in [-0.1, -0.05) is 43.9 Å². The summed E-state index contributed by atoms with van der Waals surface area (Å²) in [5.41, 5.74) is 0.549. The first-order valence-corrected chi connectivity index (χ1v) is 8.74. The van der Waals surface area contributed by atoms with Gasteiger partial charge in [-0.3, -0.25) is 0 Å². The van der Waals surface area contributed by atoms with Gasteiger partial charge in [0.25, 0.3) is 0 Å². The molecule has 0 saturated carbocycles. The third-order valence-electron chi connectivity index (χ3n) is 3.57. The minimum absolute atomic E-state index is 0.0427. The molecule has 0 radical (unpaired) electrons. The quantitative estimate of drug-likeness (QED) is 0.395. The molecule has 0 atom stereocenters. The predicted octanol–water partition coefficient (Wildman–Crippen LogP) is 6.46. The van der Waals surface area contributed by atoms with Gasteiger partial charge in [-0.2, -0.15) is 8.78 Å². The average molecular weight is 396 g/mol. The van der Waals surface area contributed by atoms with Crippen molar-refractivity contribution in [3.8, 4) is 11.5 Å². The lowest BCUT2D eigenvalue weighted by atomic mass is 10.2. The van der Waals surface area contributed by atoms with E-state index in [0.717, 1.165) is 6.42 Å². The Hall–Kier alpha value is -2.76. The molecule has 0 saturated heterocycles. The zero-order chi connectivity index (χ0) is 21.1. The molecule has 2 rings (SSSR count). The fourth-order valence-electron chi connectivity index (χ4n) is 2.00. The second kappa shape index (κ2) is 11.8. The lowest BCUT2D eigenvalue weighted by molar-refractivity contribution is 0.331. The molecule has 2 nitrogen and oxygen atoms in total. The number of rotatable bonds is 7. The lowest BCUT2D eigenvalue weighted by Crippen LogP contribution is -1.99. The van der Waals surface area contributed by atoms with Gasteiger partial charge in [-0.05, 0) is 43.5 Å². The summed E-state index contributed by atoms with van der Waals surface area (Å²) in [5, 5.41) is 0. The highest BCUT2D eigenvalue weighted by molar-refractivity contribution is 5.31. The number of ether oxygens (including phenoxy) is 2. The first kappa shape index (κ1) is 23.3. The summed E-state index contributed by atoms with van der Waals surface area (Å²) in [4.78, 5) is 0. The summed E-state index contributed by atoms with van der Waals surface area (Å²) in [6.07, 6.45) is 6.05. The summed E-state index contributed by atoms with van der Waals surface area (Å²) in [6.45, 7) is 8.83. The van der Waals surface area contributed by atoms with Gasteiger partial charge in [0.2, 0.25) is 11.6 Å². The Kier molecular flexibility index (Phi) is 9.85. The van der Waals surface area contributed by atoms with E-state index in [-0.39, 0.29) is 35.8 Å². The standard InChI is InChI=1S/C12H14F2O.C10H10F2O/c1-3-4-5-8-15-10-7-6-9(2)11(13)12(10)14;1-3-6-13-8-5-4-7(2)9(11)10(8)12/h4-7H,3,8H2,1-2H3;3-5H,1,6H2,2H3/b5-4-;. The van der Waals surface area contributed by atoms with Crippen LogP contribution in [0.4, 0.5) is 17.6 Å². The highest BCUT2D eigenvalue weighted by Gasteiger charge is 2.11. The third-order valence-corrected chi connectivity index (χ3v) is 3.57. The molecule has 152 valence electrons. The van der Waals surface area contributed by atoms with Crippen LogP contribution >= 0.6 is 0 Å². The molecule has 0 amide bonds. The van der Waals surface area contributed by atoms with Crippen molar-refractivity contribution >= 4 is 0 Å². The van der Waals surface area contributed by atoms with Gasteiger partial charge in [0.1, 0.15) is 13.2 Å². The van der Waals surface area contributed by atoms with Crippen LogP contribution in [0.3, 0.4) is 0 Å². The zero-order valence-electron chi connectivity index (χ0n) is 16.2. The van der Waals surface area contributed by atoms with E-state index in [1.54, 1.807) is 6.08 Å². The minimum Gasteiger partial charge on any atom is -0.486 e. The van der Waals surface area contributed by atoms with E-state index in [4.69, 9.17) is 9.47 Å². The van der Waals surface area contributed by atoms with Crippen molar-refractivity contribution in [1.82, 2.24) is 0 Å². The summed E-state index contributed by atoms with van der Waals surface area (Å²) >= 11 is 0. The zero-order valence-corrected chi connectivity index (χ0v) is 16.2. The highest BCUT2D eigenvalue weighted by atomic mass is 19.2. The summed E-state index contributed by atoms with van der Waals surface area (Å²) < 4.78 is 62.3. The molecule has 0 aromatic heterocycles. The molecule has 28 heavy (non-hydrogen) atoms. The Morgan fingerprint density at radius 3 is 1.64 bits per heavy atom. The summed E-state index contributed by atoms with van der Waals surface area (Å²) in [5.74, 6) is -3.68. The van der Waals surface area contributed by atoms with Crippen LogP contribution in [0.1, 0.15) is 24.5 Å². The van der Waals surface area contributed by atoms with Crippen molar-refractivity contribution in [2.75, 3.05) is 13.2 Å². The number of hydrogen-bond donors (Lipinski definition) is 0. The fourth-order valence-corrected chi connectivity index (χ4v) is 2.00. The maximum atomic E-state index is 13.2. The van der Waals surface area contributed by atoms with E-state index in [9.17, 15) is 17.6 Å². The maximum absolute atomic E-state index is 13.2. The Morgan fingerprint density at radius 1 is 0.750 bits per heavy atom. The van der Waals surface area contributed by atoms with Crippen molar-refractivity contribution in [2.45, 2.75) is 27.2 Å². The smallest absolute Gasteiger partial charge is 0.200 e. The van der Waals surface area contributed by atoms with Crippen molar-refractivity contribution in [3.63, 3.8) is 0 Å². The topological polar surface area (TPSA) is 18.5 Å². The number of hydrogen-bond acceptors (Lipinski definition) is 2. The number of benzene rings is 2. The maximum Gasteiger partial charge on any atom is 0.200 e. The van der Waals surface area contributed by atoms with Crippen LogP contribution in [-0.4, -0.2) is 13.2 Å². The van der Waals surface area contributed by atoms with Crippen LogP contribution in [0.5, 0.6) is 11.5 Å². The normalized spacial score (nSPS) is 10.4. The number of aryl methyl sites for hydroxylation is 2. The molecular formula is C22H24F4O2. The van der Waals surface area contributed by atoms with Gasteiger partial charge in [0.05, 0.1) is 0 Å². The lowest BCUT2D eigenvalue weighted by Gasteiger charge is -2.06. The Labute approximate surface area is 163 Å².